The Morgan fingerprint density at radius 3 is 2.25 bits per heavy atom. The molecule has 0 heterocycles. The lowest BCUT2D eigenvalue weighted by Gasteiger charge is -2.11. The molecule has 0 aliphatic rings. The van der Waals surface area contributed by atoms with Crippen LogP contribution >= 0.6 is 15.9 Å². The summed E-state index contributed by atoms with van der Waals surface area (Å²) in [6, 6.07) is 14.1. The molecule has 4 nitrogen and oxygen atoms in total. The highest BCUT2D eigenvalue weighted by Crippen LogP contribution is 2.17. The number of amides is 1. The Bertz CT molecular complexity index is 712. The largest absolute Gasteiger partial charge is 0.352 e. The van der Waals surface area contributed by atoms with Gasteiger partial charge in [-0.05, 0) is 57.4 Å². The smallest absolute Gasteiger partial charge is 0.252 e. The van der Waals surface area contributed by atoms with Crippen LogP contribution in [0.3, 0.4) is 0 Å². The van der Waals surface area contributed by atoms with Gasteiger partial charge in [0.1, 0.15) is 0 Å². The summed E-state index contributed by atoms with van der Waals surface area (Å²) < 4.78 is 0.908. The molecular formula is C19H21BrN2O2. The van der Waals surface area contributed by atoms with E-state index in [9.17, 15) is 9.59 Å². The van der Waals surface area contributed by atoms with Gasteiger partial charge in [-0.25, -0.2) is 0 Å². The number of carbonyl (C=O) groups is 2. The third-order valence-corrected chi connectivity index (χ3v) is 4.12. The first-order valence-electron chi connectivity index (χ1n) is 7.81. The predicted octanol–water partition coefficient (Wildman–Crippen LogP) is 3.36. The van der Waals surface area contributed by atoms with E-state index in [4.69, 9.17) is 0 Å². The van der Waals surface area contributed by atoms with Gasteiger partial charge in [-0.3, -0.25) is 9.59 Å². The van der Waals surface area contributed by atoms with Gasteiger partial charge in [-0.1, -0.05) is 34.1 Å². The second kappa shape index (κ2) is 8.76. The molecule has 0 saturated heterocycles. The molecule has 5 heteroatoms. The average Bonchev–Trinajstić information content (AvgIpc) is 2.58. The van der Waals surface area contributed by atoms with Gasteiger partial charge in [-0.15, -0.1) is 0 Å². The molecule has 0 atom stereocenters. The van der Waals surface area contributed by atoms with E-state index in [0.717, 1.165) is 17.4 Å². The number of ketones is 1. The predicted molar refractivity (Wildman–Crippen MR) is 99.5 cm³/mol. The summed E-state index contributed by atoms with van der Waals surface area (Å²) in [4.78, 5) is 27.2. The van der Waals surface area contributed by atoms with E-state index in [1.54, 1.807) is 36.4 Å². The molecule has 2 aromatic rings. The Hall–Kier alpha value is -1.98. The van der Waals surface area contributed by atoms with Gasteiger partial charge in [0.15, 0.2) is 5.78 Å². The third-order valence-electron chi connectivity index (χ3n) is 3.59. The highest BCUT2D eigenvalue weighted by atomic mass is 79.9. The van der Waals surface area contributed by atoms with Crippen LogP contribution in [0.5, 0.6) is 0 Å². The summed E-state index contributed by atoms with van der Waals surface area (Å²) in [6.45, 7) is 1.48. The minimum Gasteiger partial charge on any atom is -0.352 e. The van der Waals surface area contributed by atoms with Crippen LogP contribution in [0.4, 0.5) is 0 Å². The number of halogens is 1. The van der Waals surface area contributed by atoms with Crippen molar-refractivity contribution < 1.29 is 9.59 Å². The Kier molecular flexibility index (Phi) is 6.70. The fourth-order valence-corrected chi connectivity index (χ4v) is 2.59. The molecule has 0 aliphatic carbocycles. The molecule has 0 saturated carbocycles. The van der Waals surface area contributed by atoms with E-state index in [0.29, 0.717) is 23.2 Å². The first-order chi connectivity index (χ1) is 11.5. The Balaban J connectivity index is 2.13. The third kappa shape index (κ3) is 5.01. The molecule has 0 fully saturated rings. The molecule has 0 aromatic heterocycles. The number of benzene rings is 2. The van der Waals surface area contributed by atoms with Gasteiger partial charge in [0.2, 0.25) is 0 Å². The van der Waals surface area contributed by atoms with Crippen LogP contribution in [0.25, 0.3) is 0 Å². The van der Waals surface area contributed by atoms with Crippen molar-refractivity contribution in [3.05, 3.63) is 69.7 Å². The van der Waals surface area contributed by atoms with E-state index < -0.39 is 0 Å². The van der Waals surface area contributed by atoms with Crippen molar-refractivity contribution in [2.45, 2.75) is 6.42 Å². The maximum atomic E-state index is 12.7. The number of hydrogen-bond donors (Lipinski definition) is 1. The highest BCUT2D eigenvalue weighted by molar-refractivity contribution is 9.10. The average molecular weight is 389 g/mol. The molecule has 2 aromatic carbocycles. The zero-order valence-corrected chi connectivity index (χ0v) is 15.5. The molecule has 0 unspecified atom stereocenters. The van der Waals surface area contributed by atoms with Crippen LogP contribution in [-0.4, -0.2) is 43.8 Å². The number of rotatable bonds is 7. The van der Waals surface area contributed by atoms with E-state index in [2.05, 4.69) is 26.1 Å². The summed E-state index contributed by atoms with van der Waals surface area (Å²) in [6.07, 6.45) is 0.863. The minimum atomic E-state index is -0.213. The second-order valence-corrected chi connectivity index (χ2v) is 6.71. The number of carbonyl (C=O) groups excluding carboxylic acids is 2. The fraction of sp³-hybridized carbons (Fsp3) is 0.263. The van der Waals surface area contributed by atoms with E-state index in [-0.39, 0.29) is 11.7 Å². The summed E-state index contributed by atoms with van der Waals surface area (Å²) in [5.41, 5.74) is 1.39. The van der Waals surface area contributed by atoms with E-state index in [1.165, 1.54) is 0 Å². The molecule has 0 aliphatic heterocycles. The van der Waals surface area contributed by atoms with Crippen molar-refractivity contribution in [3.63, 3.8) is 0 Å². The Morgan fingerprint density at radius 2 is 1.62 bits per heavy atom. The fourth-order valence-electron chi connectivity index (χ4n) is 2.33. The van der Waals surface area contributed by atoms with Crippen LogP contribution < -0.4 is 5.32 Å². The molecule has 0 radical (unpaired) electrons. The maximum absolute atomic E-state index is 12.7. The van der Waals surface area contributed by atoms with Gasteiger partial charge in [-0.2, -0.15) is 0 Å². The zero-order valence-electron chi connectivity index (χ0n) is 13.9. The number of hydrogen-bond acceptors (Lipinski definition) is 3. The van der Waals surface area contributed by atoms with E-state index in [1.807, 2.05) is 26.2 Å². The van der Waals surface area contributed by atoms with Crippen molar-refractivity contribution in [3.8, 4) is 0 Å². The normalized spacial score (nSPS) is 10.7. The van der Waals surface area contributed by atoms with Gasteiger partial charge < -0.3 is 10.2 Å². The molecule has 1 amide bonds. The van der Waals surface area contributed by atoms with Crippen LogP contribution in [0.15, 0.2) is 53.0 Å². The van der Waals surface area contributed by atoms with Crippen LogP contribution in [0, 0.1) is 0 Å². The SMILES string of the molecule is CN(C)CCCNC(=O)c1ccccc1C(=O)c1ccc(Br)cc1. The lowest BCUT2D eigenvalue weighted by Crippen LogP contribution is -2.28. The Labute approximate surface area is 151 Å². The van der Waals surface area contributed by atoms with Gasteiger partial charge in [0, 0.05) is 22.1 Å². The zero-order chi connectivity index (χ0) is 17.5. The van der Waals surface area contributed by atoms with E-state index >= 15 is 0 Å². The van der Waals surface area contributed by atoms with Crippen molar-refractivity contribution in [2.24, 2.45) is 0 Å². The number of nitrogens with one attached hydrogen (secondary N) is 1. The highest BCUT2D eigenvalue weighted by Gasteiger charge is 2.17. The standard InChI is InChI=1S/C19H21BrN2O2/c1-22(2)13-5-12-21-19(24)17-7-4-3-6-16(17)18(23)14-8-10-15(20)11-9-14/h3-4,6-11H,5,12-13H2,1-2H3,(H,21,24). The van der Waals surface area contributed by atoms with Gasteiger partial charge in [0.25, 0.3) is 5.91 Å². The lowest BCUT2D eigenvalue weighted by atomic mass is 9.98. The molecule has 0 spiro atoms. The lowest BCUT2D eigenvalue weighted by molar-refractivity contribution is 0.0941. The number of nitrogens with zero attached hydrogens (tertiary/aromatic N) is 1. The monoisotopic (exact) mass is 388 g/mol. The Morgan fingerprint density at radius 1 is 1.00 bits per heavy atom. The second-order valence-electron chi connectivity index (χ2n) is 5.79. The van der Waals surface area contributed by atoms with Crippen LogP contribution in [-0.2, 0) is 0 Å². The molecular weight excluding hydrogens is 368 g/mol. The summed E-state index contributed by atoms with van der Waals surface area (Å²) >= 11 is 3.35. The van der Waals surface area contributed by atoms with Crippen LogP contribution in [0.2, 0.25) is 0 Å². The topological polar surface area (TPSA) is 49.4 Å². The first-order valence-corrected chi connectivity index (χ1v) is 8.60. The molecule has 0 bridgehead atoms. The summed E-state index contributed by atoms with van der Waals surface area (Å²) in [5.74, 6) is -0.364. The van der Waals surface area contributed by atoms with Gasteiger partial charge in [0.05, 0.1) is 5.56 Å². The molecule has 24 heavy (non-hydrogen) atoms. The van der Waals surface area contributed by atoms with Crippen LogP contribution in [0.1, 0.15) is 32.7 Å². The first kappa shape index (κ1) is 18.4. The van der Waals surface area contributed by atoms with Crippen molar-refractivity contribution in [1.29, 1.82) is 0 Å². The molecule has 126 valence electrons. The quantitative estimate of drug-likeness (QED) is 0.584. The maximum Gasteiger partial charge on any atom is 0.252 e. The minimum absolute atomic E-state index is 0.151. The van der Waals surface area contributed by atoms with Crippen molar-refractivity contribution in [2.75, 3.05) is 27.2 Å². The molecule has 1 N–H and O–H groups in total. The van der Waals surface area contributed by atoms with Gasteiger partial charge >= 0.3 is 0 Å². The summed E-state index contributed by atoms with van der Waals surface area (Å²) in [7, 11) is 3.99. The van der Waals surface area contributed by atoms with Crippen molar-refractivity contribution in [1.82, 2.24) is 10.2 Å². The van der Waals surface area contributed by atoms with Crippen molar-refractivity contribution >= 4 is 27.6 Å². The summed E-state index contributed by atoms with van der Waals surface area (Å²) in [5, 5.41) is 2.88. The molecule has 2 rings (SSSR count).